The second-order valence-corrected chi connectivity index (χ2v) is 6.96. The van der Waals surface area contributed by atoms with Crippen LogP contribution in [0.25, 0.3) is 0 Å². The van der Waals surface area contributed by atoms with Crippen molar-refractivity contribution < 1.29 is 9.47 Å². The van der Waals surface area contributed by atoms with Gasteiger partial charge in [0, 0.05) is 36.6 Å². The first-order valence-corrected chi connectivity index (χ1v) is 9.76. The van der Waals surface area contributed by atoms with Crippen LogP contribution < -0.4 is 14.8 Å². The standard InChI is InChI=1S/C23H25ClN2O2/c1-3-27-22-12-20(15-26-14-18-8-10-25-11-9-18)21(24)13-23(22)28-16-19-6-4-17(2)5-7-19/h4-13,26H,3,14-16H2,1-2H3. The number of halogens is 1. The lowest BCUT2D eigenvalue weighted by Crippen LogP contribution is -2.13. The van der Waals surface area contributed by atoms with Crippen LogP contribution in [0, 0.1) is 6.92 Å². The number of aromatic nitrogens is 1. The molecule has 1 N–H and O–H groups in total. The molecule has 0 aliphatic carbocycles. The van der Waals surface area contributed by atoms with E-state index in [0.717, 1.165) is 17.7 Å². The molecule has 5 heteroatoms. The first-order chi connectivity index (χ1) is 13.7. The Morgan fingerprint density at radius 3 is 2.32 bits per heavy atom. The summed E-state index contributed by atoms with van der Waals surface area (Å²) in [4.78, 5) is 4.03. The van der Waals surface area contributed by atoms with Crippen LogP contribution in [0.3, 0.4) is 0 Å². The number of rotatable bonds is 9. The molecule has 146 valence electrons. The molecule has 28 heavy (non-hydrogen) atoms. The second-order valence-electron chi connectivity index (χ2n) is 6.56. The molecule has 0 saturated carbocycles. The Balaban J connectivity index is 1.67. The third-order valence-electron chi connectivity index (χ3n) is 4.32. The van der Waals surface area contributed by atoms with E-state index < -0.39 is 0 Å². The highest BCUT2D eigenvalue weighted by Crippen LogP contribution is 2.34. The number of pyridine rings is 1. The van der Waals surface area contributed by atoms with Crippen LogP contribution in [-0.2, 0) is 19.7 Å². The highest BCUT2D eigenvalue weighted by molar-refractivity contribution is 6.31. The minimum atomic E-state index is 0.469. The van der Waals surface area contributed by atoms with Crippen molar-refractivity contribution in [3.63, 3.8) is 0 Å². The molecule has 1 heterocycles. The van der Waals surface area contributed by atoms with E-state index >= 15 is 0 Å². The Morgan fingerprint density at radius 2 is 1.61 bits per heavy atom. The maximum atomic E-state index is 6.50. The summed E-state index contributed by atoms with van der Waals surface area (Å²) in [5, 5.41) is 4.06. The minimum absolute atomic E-state index is 0.469. The monoisotopic (exact) mass is 396 g/mol. The van der Waals surface area contributed by atoms with Crippen LogP contribution in [-0.4, -0.2) is 11.6 Å². The average Bonchev–Trinajstić information content (AvgIpc) is 2.71. The summed E-state index contributed by atoms with van der Waals surface area (Å²) >= 11 is 6.50. The molecule has 3 rings (SSSR count). The summed E-state index contributed by atoms with van der Waals surface area (Å²) in [5.41, 5.74) is 4.48. The molecule has 0 aliphatic heterocycles. The summed E-state index contributed by atoms with van der Waals surface area (Å²) < 4.78 is 11.8. The van der Waals surface area contributed by atoms with Gasteiger partial charge in [-0.15, -0.1) is 0 Å². The van der Waals surface area contributed by atoms with E-state index in [1.165, 1.54) is 11.1 Å². The molecule has 0 spiro atoms. The normalized spacial score (nSPS) is 10.7. The van der Waals surface area contributed by atoms with Gasteiger partial charge in [0.05, 0.1) is 6.61 Å². The van der Waals surface area contributed by atoms with Gasteiger partial charge in [-0.3, -0.25) is 4.98 Å². The van der Waals surface area contributed by atoms with Gasteiger partial charge in [0.2, 0.25) is 0 Å². The molecular formula is C23H25ClN2O2. The van der Waals surface area contributed by atoms with Crippen LogP contribution in [0.4, 0.5) is 0 Å². The molecule has 0 amide bonds. The number of ether oxygens (including phenoxy) is 2. The third kappa shape index (κ3) is 5.72. The molecule has 0 fully saturated rings. The van der Waals surface area contributed by atoms with Gasteiger partial charge < -0.3 is 14.8 Å². The quantitative estimate of drug-likeness (QED) is 0.532. The molecule has 0 saturated heterocycles. The van der Waals surface area contributed by atoms with Crippen molar-refractivity contribution in [3.05, 3.63) is 88.2 Å². The van der Waals surface area contributed by atoms with Crippen molar-refractivity contribution in [1.82, 2.24) is 10.3 Å². The minimum Gasteiger partial charge on any atom is -0.490 e. The first-order valence-electron chi connectivity index (χ1n) is 9.39. The van der Waals surface area contributed by atoms with Gasteiger partial charge in [-0.1, -0.05) is 41.4 Å². The number of nitrogens with zero attached hydrogens (tertiary/aromatic N) is 1. The van der Waals surface area contributed by atoms with Gasteiger partial charge in [-0.25, -0.2) is 0 Å². The molecule has 0 aliphatic rings. The predicted octanol–water partition coefficient (Wildman–Crippen LogP) is 5.31. The maximum Gasteiger partial charge on any atom is 0.163 e. The summed E-state index contributed by atoms with van der Waals surface area (Å²) in [7, 11) is 0. The molecule has 0 unspecified atom stereocenters. The fourth-order valence-corrected chi connectivity index (χ4v) is 3.00. The smallest absolute Gasteiger partial charge is 0.163 e. The molecule has 0 bridgehead atoms. The molecule has 0 radical (unpaired) electrons. The zero-order chi connectivity index (χ0) is 19.8. The molecule has 4 nitrogen and oxygen atoms in total. The number of benzene rings is 2. The van der Waals surface area contributed by atoms with Crippen molar-refractivity contribution in [2.75, 3.05) is 6.61 Å². The Kier molecular flexibility index (Phi) is 7.29. The molecule has 1 aromatic heterocycles. The van der Waals surface area contributed by atoms with Gasteiger partial charge in [-0.05, 0) is 48.7 Å². The Morgan fingerprint density at radius 1 is 0.893 bits per heavy atom. The van der Waals surface area contributed by atoms with Crippen LogP contribution in [0.2, 0.25) is 5.02 Å². The molecule has 0 atom stereocenters. The molecular weight excluding hydrogens is 372 g/mol. The summed E-state index contributed by atoms with van der Waals surface area (Å²) in [6.45, 7) is 6.44. The Bertz CT molecular complexity index is 883. The number of aryl methyl sites for hydroxylation is 1. The summed E-state index contributed by atoms with van der Waals surface area (Å²) in [6.07, 6.45) is 3.58. The Hall–Kier alpha value is -2.56. The van der Waals surface area contributed by atoms with Crippen LogP contribution in [0.5, 0.6) is 11.5 Å². The van der Waals surface area contributed by atoms with Gasteiger partial charge in [0.25, 0.3) is 0 Å². The zero-order valence-corrected chi connectivity index (χ0v) is 17.0. The number of nitrogens with one attached hydrogen (secondary N) is 1. The van der Waals surface area contributed by atoms with E-state index in [4.69, 9.17) is 21.1 Å². The van der Waals surface area contributed by atoms with E-state index in [1.54, 1.807) is 12.4 Å². The van der Waals surface area contributed by atoms with Crippen molar-refractivity contribution >= 4 is 11.6 Å². The highest BCUT2D eigenvalue weighted by Gasteiger charge is 2.11. The average molecular weight is 397 g/mol. The third-order valence-corrected chi connectivity index (χ3v) is 4.67. The summed E-state index contributed by atoms with van der Waals surface area (Å²) in [5.74, 6) is 1.37. The van der Waals surface area contributed by atoms with Crippen molar-refractivity contribution in [2.45, 2.75) is 33.5 Å². The lowest BCUT2D eigenvalue weighted by Gasteiger charge is -2.15. The first kappa shape index (κ1) is 20.2. The fraction of sp³-hybridized carbons (Fsp3) is 0.261. The highest BCUT2D eigenvalue weighted by atomic mass is 35.5. The maximum absolute atomic E-state index is 6.50. The SMILES string of the molecule is CCOc1cc(CNCc2ccncc2)c(Cl)cc1OCc1ccc(C)cc1. The van der Waals surface area contributed by atoms with Crippen LogP contribution >= 0.6 is 11.6 Å². The summed E-state index contributed by atoms with van der Waals surface area (Å²) in [6, 6.07) is 16.0. The van der Waals surface area contributed by atoms with E-state index in [1.807, 2.05) is 31.2 Å². The lowest BCUT2D eigenvalue weighted by molar-refractivity contribution is 0.269. The van der Waals surface area contributed by atoms with E-state index in [-0.39, 0.29) is 0 Å². The molecule has 3 aromatic rings. The van der Waals surface area contributed by atoms with Gasteiger partial charge in [0.1, 0.15) is 6.61 Å². The van der Waals surface area contributed by atoms with Crippen molar-refractivity contribution in [2.24, 2.45) is 0 Å². The Labute approximate surface area is 171 Å². The van der Waals surface area contributed by atoms with Crippen LogP contribution in [0.1, 0.15) is 29.2 Å². The molecule has 2 aromatic carbocycles. The van der Waals surface area contributed by atoms with Crippen LogP contribution in [0.15, 0.2) is 60.9 Å². The van der Waals surface area contributed by atoms with Gasteiger partial charge in [-0.2, -0.15) is 0 Å². The lowest BCUT2D eigenvalue weighted by atomic mass is 10.1. The van der Waals surface area contributed by atoms with E-state index in [0.29, 0.717) is 36.3 Å². The van der Waals surface area contributed by atoms with E-state index in [9.17, 15) is 0 Å². The largest absolute Gasteiger partial charge is 0.490 e. The van der Waals surface area contributed by atoms with Gasteiger partial charge in [0.15, 0.2) is 11.5 Å². The number of hydrogen-bond acceptors (Lipinski definition) is 4. The van der Waals surface area contributed by atoms with Crippen molar-refractivity contribution in [3.8, 4) is 11.5 Å². The zero-order valence-electron chi connectivity index (χ0n) is 16.2. The van der Waals surface area contributed by atoms with Gasteiger partial charge >= 0.3 is 0 Å². The topological polar surface area (TPSA) is 43.4 Å². The fourth-order valence-electron chi connectivity index (χ4n) is 2.78. The second kappa shape index (κ2) is 10.1. The van der Waals surface area contributed by atoms with E-state index in [2.05, 4.69) is 41.5 Å². The number of hydrogen-bond donors (Lipinski definition) is 1. The predicted molar refractivity (Wildman–Crippen MR) is 113 cm³/mol. The van der Waals surface area contributed by atoms with Crippen molar-refractivity contribution in [1.29, 1.82) is 0 Å².